The van der Waals surface area contributed by atoms with E-state index in [1.54, 1.807) is 13.0 Å². The number of nitrogens with zero attached hydrogens (tertiary/aromatic N) is 3. The molecule has 3 aromatic rings. The highest BCUT2D eigenvalue weighted by atomic mass is 19.3. The van der Waals surface area contributed by atoms with Gasteiger partial charge in [-0.2, -0.15) is 4.98 Å². The molecule has 30 heavy (non-hydrogen) atoms. The second-order valence-electron chi connectivity index (χ2n) is 7.39. The van der Waals surface area contributed by atoms with Gasteiger partial charge in [-0.15, -0.1) is 0 Å². The third-order valence-electron chi connectivity index (χ3n) is 5.26. The molecule has 4 rings (SSSR count). The number of aromatic nitrogens is 3. The molecule has 0 spiro atoms. The molecule has 2 aromatic heterocycles. The van der Waals surface area contributed by atoms with E-state index < -0.39 is 29.5 Å². The van der Waals surface area contributed by atoms with Gasteiger partial charge >= 0.3 is 5.69 Å². The molecule has 0 bridgehead atoms. The number of alkyl halides is 2. The maximum Gasteiger partial charge on any atom is 0.347 e. The van der Waals surface area contributed by atoms with Crippen LogP contribution in [0.5, 0.6) is 0 Å². The topological polar surface area (TPSA) is 99.9 Å². The molecule has 0 amide bonds. The van der Waals surface area contributed by atoms with Gasteiger partial charge in [0.2, 0.25) is 0 Å². The fraction of sp³-hybridized carbons (Fsp3) is 0.350. The second kappa shape index (κ2) is 7.94. The molecule has 1 unspecified atom stereocenters. The summed E-state index contributed by atoms with van der Waals surface area (Å²) < 4.78 is 40.6. The quantitative estimate of drug-likeness (QED) is 0.589. The van der Waals surface area contributed by atoms with Gasteiger partial charge in [0.1, 0.15) is 17.5 Å². The number of aromatic amines is 1. The van der Waals surface area contributed by atoms with Crippen LogP contribution in [-0.2, 0) is 0 Å². The first-order chi connectivity index (χ1) is 14.3. The largest absolute Gasteiger partial charge is 0.363 e. The molecule has 1 aliphatic heterocycles. The third kappa shape index (κ3) is 3.82. The zero-order chi connectivity index (χ0) is 21.4. The van der Waals surface area contributed by atoms with Crippen LogP contribution in [0.15, 0.2) is 35.3 Å². The molecule has 3 heterocycles. The smallest absolute Gasteiger partial charge is 0.347 e. The van der Waals surface area contributed by atoms with Crippen molar-refractivity contribution in [3.8, 4) is 0 Å². The molecule has 0 radical (unpaired) electrons. The maximum atomic E-state index is 14.5. The number of hydrogen-bond acceptors (Lipinski definition) is 6. The SMILES string of the molecule is C[C@@H](Nc1nc(=O)[nH]c2cnc(N3CCC(N)C3)cc12)c1cccc(C(F)F)c1F. The minimum Gasteiger partial charge on any atom is -0.363 e. The Kier molecular flexibility index (Phi) is 5.33. The lowest BCUT2D eigenvalue weighted by Gasteiger charge is -2.20. The highest BCUT2D eigenvalue weighted by Gasteiger charge is 2.22. The number of nitrogens with two attached hydrogens (primary N) is 1. The van der Waals surface area contributed by atoms with Gasteiger partial charge in [-0.25, -0.2) is 22.9 Å². The number of H-pyrrole nitrogens is 1. The number of pyridine rings is 1. The normalized spacial score (nSPS) is 17.7. The molecule has 1 aliphatic rings. The van der Waals surface area contributed by atoms with Gasteiger partial charge in [-0.3, -0.25) is 0 Å². The van der Waals surface area contributed by atoms with Gasteiger partial charge in [0, 0.05) is 30.1 Å². The first kappa shape index (κ1) is 20.1. The lowest BCUT2D eigenvalue weighted by atomic mass is 10.0. The second-order valence-corrected chi connectivity index (χ2v) is 7.39. The highest BCUT2D eigenvalue weighted by Crippen LogP contribution is 2.30. The number of benzene rings is 1. The van der Waals surface area contributed by atoms with Crippen molar-refractivity contribution < 1.29 is 13.2 Å². The van der Waals surface area contributed by atoms with Crippen LogP contribution in [0, 0.1) is 5.82 Å². The molecular weight excluding hydrogens is 397 g/mol. The van der Waals surface area contributed by atoms with Gasteiger partial charge in [0.15, 0.2) is 0 Å². The molecule has 1 saturated heterocycles. The summed E-state index contributed by atoms with van der Waals surface area (Å²) in [5.74, 6) is -0.0730. The predicted octanol–water partition coefficient (Wildman–Crippen LogP) is 3.11. The molecule has 2 atom stereocenters. The summed E-state index contributed by atoms with van der Waals surface area (Å²) in [6.45, 7) is 3.05. The van der Waals surface area contributed by atoms with Gasteiger partial charge in [-0.1, -0.05) is 18.2 Å². The Morgan fingerprint density at radius 2 is 2.10 bits per heavy atom. The van der Waals surface area contributed by atoms with E-state index in [-0.39, 0.29) is 17.4 Å². The molecule has 0 aliphatic carbocycles. The first-order valence-electron chi connectivity index (χ1n) is 9.57. The summed E-state index contributed by atoms with van der Waals surface area (Å²) in [6, 6.07) is 4.98. The summed E-state index contributed by atoms with van der Waals surface area (Å²) >= 11 is 0. The van der Waals surface area contributed by atoms with E-state index in [1.807, 2.05) is 4.90 Å². The Bertz CT molecular complexity index is 1140. The third-order valence-corrected chi connectivity index (χ3v) is 5.26. The van der Waals surface area contributed by atoms with Crippen molar-refractivity contribution in [2.24, 2.45) is 5.73 Å². The van der Waals surface area contributed by atoms with Gasteiger partial charge in [0.25, 0.3) is 6.43 Å². The Labute approximate surface area is 170 Å². The van der Waals surface area contributed by atoms with E-state index in [0.29, 0.717) is 23.3 Å². The van der Waals surface area contributed by atoms with Crippen molar-refractivity contribution in [2.45, 2.75) is 31.9 Å². The summed E-state index contributed by atoms with van der Waals surface area (Å²) in [5.41, 5.74) is 5.22. The standard InChI is InChI=1S/C20H21F3N6O/c1-10(12-3-2-4-13(17(12)21)18(22)23)26-19-14-7-16(29-6-5-11(24)9-29)25-8-15(14)27-20(30)28-19/h2-4,7-8,10-11,18H,5-6,9,24H2,1H3,(H2,26,27,28,30)/t10-,11?/m1/s1. The fourth-order valence-corrected chi connectivity index (χ4v) is 3.68. The van der Waals surface area contributed by atoms with Crippen molar-refractivity contribution >= 4 is 22.5 Å². The average molecular weight is 418 g/mol. The zero-order valence-electron chi connectivity index (χ0n) is 16.2. The van der Waals surface area contributed by atoms with E-state index in [2.05, 4.69) is 20.3 Å². The van der Waals surface area contributed by atoms with E-state index in [0.717, 1.165) is 19.0 Å². The van der Waals surface area contributed by atoms with Crippen molar-refractivity contribution in [1.82, 2.24) is 15.0 Å². The van der Waals surface area contributed by atoms with Crippen LogP contribution in [0.4, 0.5) is 24.8 Å². The lowest BCUT2D eigenvalue weighted by molar-refractivity contribution is 0.146. The Morgan fingerprint density at radius 1 is 1.33 bits per heavy atom. The van der Waals surface area contributed by atoms with E-state index in [9.17, 15) is 18.0 Å². The molecule has 1 aromatic carbocycles. The van der Waals surface area contributed by atoms with E-state index in [1.165, 1.54) is 18.3 Å². The van der Waals surface area contributed by atoms with Crippen LogP contribution in [0.25, 0.3) is 10.9 Å². The maximum absolute atomic E-state index is 14.5. The summed E-state index contributed by atoms with van der Waals surface area (Å²) in [7, 11) is 0. The van der Waals surface area contributed by atoms with E-state index >= 15 is 0 Å². The van der Waals surface area contributed by atoms with Crippen LogP contribution < -0.4 is 21.6 Å². The van der Waals surface area contributed by atoms with Crippen LogP contribution in [0.3, 0.4) is 0 Å². The summed E-state index contributed by atoms with van der Waals surface area (Å²) in [5, 5.41) is 3.57. The molecular formula is C20H21F3N6O. The molecule has 0 saturated carbocycles. The number of fused-ring (bicyclic) bond motifs is 1. The van der Waals surface area contributed by atoms with Crippen LogP contribution in [-0.4, -0.2) is 34.1 Å². The van der Waals surface area contributed by atoms with Gasteiger partial charge in [-0.05, 0) is 19.4 Å². The van der Waals surface area contributed by atoms with Crippen LogP contribution >= 0.6 is 0 Å². The number of hydrogen-bond donors (Lipinski definition) is 3. The summed E-state index contributed by atoms with van der Waals surface area (Å²) in [6.07, 6.45) is -0.534. The molecule has 158 valence electrons. The van der Waals surface area contributed by atoms with Crippen molar-refractivity contribution in [2.75, 3.05) is 23.3 Å². The number of rotatable bonds is 5. The van der Waals surface area contributed by atoms with Gasteiger partial charge in [0.05, 0.1) is 23.3 Å². The number of nitrogens with one attached hydrogen (secondary N) is 2. The molecule has 1 fully saturated rings. The van der Waals surface area contributed by atoms with Crippen LogP contribution in [0.1, 0.15) is 36.9 Å². The van der Waals surface area contributed by atoms with Crippen molar-refractivity contribution in [3.63, 3.8) is 0 Å². The Hall–Kier alpha value is -3.14. The number of halogens is 3. The minimum atomic E-state index is -2.92. The fourth-order valence-electron chi connectivity index (χ4n) is 3.68. The van der Waals surface area contributed by atoms with Gasteiger partial charge < -0.3 is 20.9 Å². The molecule has 10 heteroatoms. The Balaban J connectivity index is 1.71. The van der Waals surface area contributed by atoms with Crippen molar-refractivity contribution in [1.29, 1.82) is 0 Å². The lowest BCUT2D eigenvalue weighted by Crippen LogP contribution is -2.27. The van der Waals surface area contributed by atoms with Crippen molar-refractivity contribution in [3.05, 3.63) is 57.9 Å². The monoisotopic (exact) mass is 418 g/mol. The highest BCUT2D eigenvalue weighted by molar-refractivity contribution is 5.90. The average Bonchev–Trinajstić information content (AvgIpc) is 3.13. The predicted molar refractivity (Wildman–Crippen MR) is 108 cm³/mol. The molecule has 4 N–H and O–H groups in total. The van der Waals surface area contributed by atoms with Crippen LogP contribution in [0.2, 0.25) is 0 Å². The zero-order valence-corrected chi connectivity index (χ0v) is 16.2. The minimum absolute atomic E-state index is 0.0582. The Morgan fingerprint density at radius 3 is 2.80 bits per heavy atom. The number of anilines is 2. The summed E-state index contributed by atoms with van der Waals surface area (Å²) in [4.78, 5) is 25.0. The molecule has 7 nitrogen and oxygen atoms in total. The van der Waals surface area contributed by atoms with E-state index in [4.69, 9.17) is 5.73 Å². The first-order valence-corrected chi connectivity index (χ1v) is 9.57.